The van der Waals surface area contributed by atoms with Crippen LogP contribution >= 0.6 is 0 Å². The number of nitrogens with zero attached hydrogens (tertiary/aromatic N) is 1. The fourth-order valence-corrected chi connectivity index (χ4v) is 3.69. The van der Waals surface area contributed by atoms with Crippen molar-refractivity contribution in [3.63, 3.8) is 0 Å². The molecule has 8 nitrogen and oxygen atoms in total. The molecule has 0 saturated carbocycles. The van der Waals surface area contributed by atoms with Crippen LogP contribution in [0.25, 0.3) is 6.08 Å². The lowest BCUT2D eigenvalue weighted by molar-refractivity contribution is -0.130. The molecule has 3 aromatic rings. The van der Waals surface area contributed by atoms with Gasteiger partial charge in [-0.3, -0.25) is 19.8 Å². The fraction of sp³-hybridized carbons (Fsp3) is 0.148. The maximum atomic E-state index is 13.2. The third kappa shape index (κ3) is 5.35. The molecule has 1 N–H and O–H groups in total. The first kappa shape index (κ1) is 24.5. The van der Waals surface area contributed by atoms with Gasteiger partial charge < -0.3 is 13.9 Å². The Bertz CT molecular complexity index is 1330. The van der Waals surface area contributed by atoms with E-state index in [9.17, 15) is 18.8 Å². The third-order valence-electron chi connectivity index (χ3n) is 5.43. The van der Waals surface area contributed by atoms with Crippen LogP contribution in [0.2, 0.25) is 0 Å². The summed E-state index contributed by atoms with van der Waals surface area (Å²) in [7, 11) is 1.47. The molecule has 0 aliphatic carbocycles. The van der Waals surface area contributed by atoms with Crippen LogP contribution in [0.4, 0.5) is 9.18 Å². The Hall–Kier alpha value is -4.66. The maximum Gasteiger partial charge on any atom is 0.331 e. The highest BCUT2D eigenvalue weighted by molar-refractivity contribution is 6.30. The van der Waals surface area contributed by atoms with Gasteiger partial charge in [-0.25, -0.2) is 9.18 Å². The number of imide groups is 2. The maximum absolute atomic E-state index is 13.2. The molecule has 0 bridgehead atoms. The average molecular weight is 490 g/mol. The van der Waals surface area contributed by atoms with Crippen LogP contribution in [0.1, 0.15) is 22.5 Å². The highest BCUT2D eigenvalue weighted by atomic mass is 19.1. The summed E-state index contributed by atoms with van der Waals surface area (Å²) in [5.74, 6) is -0.674. The van der Waals surface area contributed by atoms with Gasteiger partial charge >= 0.3 is 6.03 Å². The van der Waals surface area contributed by atoms with Gasteiger partial charge in [0.25, 0.3) is 11.8 Å². The van der Waals surface area contributed by atoms with E-state index in [1.165, 1.54) is 31.6 Å². The van der Waals surface area contributed by atoms with Crippen molar-refractivity contribution in [2.24, 2.45) is 0 Å². The molecular weight excluding hydrogens is 467 g/mol. The largest absolute Gasteiger partial charge is 0.493 e. The molecule has 0 atom stereocenters. The van der Waals surface area contributed by atoms with Crippen LogP contribution in [-0.4, -0.2) is 29.9 Å². The molecule has 1 aliphatic rings. The van der Waals surface area contributed by atoms with Crippen molar-refractivity contribution in [1.29, 1.82) is 0 Å². The van der Waals surface area contributed by atoms with E-state index in [1.54, 1.807) is 42.5 Å². The molecule has 1 aliphatic heterocycles. The van der Waals surface area contributed by atoms with Gasteiger partial charge in [-0.15, -0.1) is 6.58 Å². The average Bonchev–Trinajstić information content (AvgIpc) is 3.38. The first-order chi connectivity index (χ1) is 17.4. The lowest BCUT2D eigenvalue weighted by atomic mass is 10.0. The minimum absolute atomic E-state index is 0.122. The summed E-state index contributed by atoms with van der Waals surface area (Å²) in [6, 6.07) is 11.7. The van der Waals surface area contributed by atoms with Gasteiger partial charge in [-0.1, -0.05) is 18.2 Å². The molecule has 184 valence electrons. The SMILES string of the molecule is C=CCc1cc(C=C2C(=O)NC(=O)N(Cc3ccco3)C2=O)cc(OC)c1OCc1ccc(F)cc1. The Morgan fingerprint density at radius 1 is 1.14 bits per heavy atom. The quantitative estimate of drug-likeness (QED) is 0.271. The Kier molecular flexibility index (Phi) is 7.29. The third-order valence-corrected chi connectivity index (χ3v) is 5.43. The van der Waals surface area contributed by atoms with Crippen LogP contribution in [0, 0.1) is 5.82 Å². The number of methoxy groups -OCH3 is 1. The van der Waals surface area contributed by atoms with E-state index in [1.807, 2.05) is 0 Å². The van der Waals surface area contributed by atoms with Crippen LogP contribution < -0.4 is 14.8 Å². The Labute approximate surface area is 206 Å². The molecule has 9 heteroatoms. The second kappa shape index (κ2) is 10.7. The predicted molar refractivity (Wildman–Crippen MR) is 128 cm³/mol. The standard InChI is InChI=1S/C27H23FN2O6/c1-3-5-19-12-18(14-23(34-2)24(19)36-16-17-7-9-20(28)10-8-17)13-22-25(31)29-27(33)30(26(22)32)15-21-6-4-11-35-21/h3-4,6-14H,1,5,15-16H2,2H3,(H,29,31,33). The number of allylic oxidation sites excluding steroid dienone is 1. The van der Waals surface area contributed by atoms with Crippen molar-refractivity contribution < 1.29 is 32.7 Å². The summed E-state index contributed by atoms with van der Waals surface area (Å²) in [5, 5.41) is 2.18. The molecule has 1 aromatic heterocycles. The van der Waals surface area contributed by atoms with Gasteiger partial charge in [-0.05, 0) is 60.0 Å². The molecule has 4 amide bonds. The first-order valence-corrected chi connectivity index (χ1v) is 11.0. The van der Waals surface area contributed by atoms with E-state index in [4.69, 9.17) is 13.9 Å². The first-order valence-electron chi connectivity index (χ1n) is 11.0. The molecule has 36 heavy (non-hydrogen) atoms. The molecular formula is C27H23FN2O6. The monoisotopic (exact) mass is 490 g/mol. The van der Waals surface area contributed by atoms with Gasteiger partial charge in [0, 0.05) is 5.56 Å². The second-order valence-electron chi connectivity index (χ2n) is 7.91. The van der Waals surface area contributed by atoms with Gasteiger partial charge in [0.2, 0.25) is 0 Å². The van der Waals surface area contributed by atoms with Gasteiger partial charge in [-0.2, -0.15) is 0 Å². The minimum atomic E-state index is -0.826. The summed E-state index contributed by atoms with van der Waals surface area (Å²) in [6.07, 6.45) is 4.91. The summed E-state index contributed by atoms with van der Waals surface area (Å²) in [5.41, 5.74) is 1.74. The van der Waals surface area contributed by atoms with Crippen molar-refractivity contribution in [3.05, 3.63) is 101 Å². The Balaban J connectivity index is 1.65. The summed E-state index contributed by atoms with van der Waals surface area (Å²) in [4.78, 5) is 38.7. The smallest absolute Gasteiger partial charge is 0.331 e. The van der Waals surface area contributed by atoms with Crippen LogP contribution in [0.15, 0.2) is 77.4 Å². The highest BCUT2D eigenvalue weighted by Gasteiger charge is 2.36. The number of furan rings is 1. The molecule has 1 fully saturated rings. The number of nitrogens with one attached hydrogen (secondary N) is 1. The number of carbonyl (C=O) groups excluding carboxylic acids is 3. The zero-order valence-corrected chi connectivity index (χ0v) is 19.5. The number of barbiturate groups is 1. The van der Waals surface area contributed by atoms with Crippen LogP contribution in [-0.2, 0) is 29.2 Å². The zero-order chi connectivity index (χ0) is 25.7. The van der Waals surface area contributed by atoms with Crippen molar-refractivity contribution in [2.75, 3.05) is 7.11 Å². The zero-order valence-electron chi connectivity index (χ0n) is 19.5. The topological polar surface area (TPSA) is 98.1 Å². The highest BCUT2D eigenvalue weighted by Crippen LogP contribution is 2.35. The minimum Gasteiger partial charge on any atom is -0.493 e. The fourth-order valence-electron chi connectivity index (χ4n) is 3.69. The number of hydrogen-bond donors (Lipinski definition) is 1. The van der Waals surface area contributed by atoms with Crippen LogP contribution in [0.5, 0.6) is 11.5 Å². The Morgan fingerprint density at radius 3 is 2.58 bits per heavy atom. The number of amides is 4. The normalized spacial score (nSPS) is 14.7. The van der Waals surface area contributed by atoms with E-state index < -0.39 is 17.8 Å². The summed E-state index contributed by atoms with van der Waals surface area (Å²) in [6.45, 7) is 3.83. The second-order valence-corrected chi connectivity index (χ2v) is 7.91. The van der Waals surface area contributed by atoms with Crippen LogP contribution in [0.3, 0.4) is 0 Å². The molecule has 4 rings (SSSR count). The van der Waals surface area contributed by atoms with Gasteiger partial charge in [0.15, 0.2) is 11.5 Å². The molecule has 2 aromatic carbocycles. The van der Waals surface area contributed by atoms with Gasteiger partial charge in [0.05, 0.1) is 19.9 Å². The number of halogens is 1. The van der Waals surface area contributed by atoms with Crippen molar-refractivity contribution in [1.82, 2.24) is 10.2 Å². The van der Waals surface area contributed by atoms with E-state index in [0.29, 0.717) is 34.8 Å². The molecule has 2 heterocycles. The number of benzene rings is 2. The van der Waals surface area contributed by atoms with E-state index >= 15 is 0 Å². The number of hydrogen-bond acceptors (Lipinski definition) is 6. The molecule has 0 spiro atoms. The van der Waals surface area contributed by atoms with E-state index in [0.717, 1.165) is 10.5 Å². The van der Waals surface area contributed by atoms with Crippen molar-refractivity contribution in [2.45, 2.75) is 19.6 Å². The molecule has 0 radical (unpaired) electrons. The number of urea groups is 1. The predicted octanol–water partition coefficient (Wildman–Crippen LogP) is 4.40. The summed E-state index contributed by atoms with van der Waals surface area (Å²) >= 11 is 0. The lowest BCUT2D eigenvalue weighted by Gasteiger charge is -2.25. The number of carbonyl (C=O) groups is 3. The summed E-state index contributed by atoms with van der Waals surface area (Å²) < 4.78 is 29.9. The van der Waals surface area contributed by atoms with E-state index in [2.05, 4.69) is 11.9 Å². The van der Waals surface area contributed by atoms with Crippen molar-refractivity contribution in [3.8, 4) is 11.5 Å². The molecule has 0 unspecified atom stereocenters. The number of rotatable bonds is 9. The Morgan fingerprint density at radius 2 is 1.92 bits per heavy atom. The van der Waals surface area contributed by atoms with Crippen molar-refractivity contribution >= 4 is 23.9 Å². The van der Waals surface area contributed by atoms with E-state index in [-0.39, 0.29) is 24.5 Å². The number of ether oxygens (including phenoxy) is 2. The van der Waals surface area contributed by atoms with Gasteiger partial charge in [0.1, 0.15) is 23.8 Å². The lowest BCUT2D eigenvalue weighted by Crippen LogP contribution is -2.53. The molecule has 1 saturated heterocycles.